The number of benzene rings is 1. The van der Waals surface area contributed by atoms with E-state index in [0.29, 0.717) is 6.04 Å². The molecule has 0 aromatic heterocycles. The molecular formula is C17H25ClN2O. The van der Waals surface area contributed by atoms with Gasteiger partial charge in [0.15, 0.2) is 0 Å². The number of rotatable bonds is 3. The number of nitrogens with one attached hydrogen (secondary N) is 1. The van der Waals surface area contributed by atoms with Crippen LogP contribution in [0.15, 0.2) is 24.3 Å². The van der Waals surface area contributed by atoms with Gasteiger partial charge in [0.05, 0.1) is 0 Å². The Bertz CT molecular complexity index is 471. The summed E-state index contributed by atoms with van der Waals surface area (Å²) in [5.74, 6) is 0.152. The van der Waals surface area contributed by atoms with Gasteiger partial charge in [0.1, 0.15) is 0 Å². The van der Waals surface area contributed by atoms with Crippen LogP contribution >= 0.6 is 11.6 Å². The first-order chi connectivity index (χ1) is 9.84. The molecule has 1 N–H and O–H groups in total. The normalized spacial score (nSPS) is 17.7. The summed E-state index contributed by atoms with van der Waals surface area (Å²) in [5, 5.41) is 3.95. The molecule has 0 spiro atoms. The van der Waals surface area contributed by atoms with Gasteiger partial charge >= 0.3 is 0 Å². The van der Waals surface area contributed by atoms with Crippen molar-refractivity contribution in [1.29, 1.82) is 0 Å². The molecule has 1 fully saturated rings. The maximum Gasteiger partial charge on any atom is 0.225 e. The first kappa shape index (κ1) is 16.3. The average Bonchev–Trinajstić information content (AvgIpc) is 2.42. The summed E-state index contributed by atoms with van der Waals surface area (Å²) in [6, 6.07) is 8.35. The van der Waals surface area contributed by atoms with Crippen LogP contribution in [0.5, 0.6) is 0 Å². The lowest BCUT2D eigenvalue weighted by atomic mass is 9.94. The molecule has 0 unspecified atom stereocenters. The number of carbonyl (C=O) groups is 1. The topological polar surface area (TPSA) is 32.3 Å². The summed E-state index contributed by atoms with van der Waals surface area (Å²) < 4.78 is 0. The molecule has 1 amide bonds. The van der Waals surface area contributed by atoms with Gasteiger partial charge in [-0.2, -0.15) is 0 Å². The molecule has 0 bridgehead atoms. The first-order valence-electron chi connectivity index (χ1n) is 7.62. The Kier molecular flexibility index (Phi) is 5.28. The smallest absolute Gasteiger partial charge is 0.225 e. The van der Waals surface area contributed by atoms with Gasteiger partial charge in [0, 0.05) is 36.1 Å². The highest BCUT2D eigenvalue weighted by molar-refractivity contribution is 6.30. The molecule has 21 heavy (non-hydrogen) atoms. The van der Waals surface area contributed by atoms with Crippen molar-refractivity contribution in [3.05, 3.63) is 34.9 Å². The molecule has 1 aliphatic heterocycles. The van der Waals surface area contributed by atoms with E-state index in [0.717, 1.165) is 37.5 Å². The zero-order valence-electron chi connectivity index (χ0n) is 13.2. The maximum atomic E-state index is 12.0. The summed E-state index contributed by atoms with van der Waals surface area (Å²) in [4.78, 5) is 14.4. The lowest BCUT2D eigenvalue weighted by molar-refractivity contribution is -0.129. The summed E-state index contributed by atoms with van der Waals surface area (Å²) >= 11 is 5.90. The molecule has 0 radical (unpaired) electrons. The number of halogens is 1. The number of hydrogen-bond acceptors (Lipinski definition) is 2. The zero-order chi connectivity index (χ0) is 15.5. The van der Waals surface area contributed by atoms with E-state index < -0.39 is 0 Å². The number of amides is 1. The number of hydrogen-bond donors (Lipinski definition) is 1. The van der Waals surface area contributed by atoms with Crippen LogP contribution in [-0.4, -0.2) is 29.9 Å². The van der Waals surface area contributed by atoms with Crippen molar-refractivity contribution in [2.45, 2.75) is 46.2 Å². The second kappa shape index (κ2) is 6.80. The third-order valence-corrected chi connectivity index (χ3v) is 4.18. The maximum absolute atomic E-state index is 12.0. The monoisotopic (exact) mass is 308 g/mol. The van der Waals surface area contributed by atoms with Gasteiger partial charge in [-0.3, -0.25) is 9.69 Å². The highest BCUT2D eigenvalue weighted by Crippen LogP contribution is 2.18. The molecule has 4 heteroatoms. The average molecular weight is 309 g/mol. The van der Waals surface area contributed by atoms with E-state index in [9.17, 15) is 4.79 Å². The van der Waals surface area contributed by atoms with E-state index >= 15 is 0 Å². The van der Waals surface area contributed by atoms with Crippen molar-refractivity contribution in [1.82, 2.24) is 10.2 Å². The van der Waals surface area contributed by atoms with Gasteiger partial charge in [-0.25, -0.2) is 0 Å². The number of likely N-dealkylation sites (tertiary alicyclic amines) is 1. The largest absolute Gasteiger partial charge is 0.353 e. The fourth-order valence-electron chi connectivity index (χ4n) is 2.49. The van der Waals surface area contributed by atoms with Gasteiger partial charge in [-0.1, -0.05) is 44.5 Å². The van der Waals surface area contributed by atoms with Crippen molar-refractivity contribution >= 4 is 17.5 Å². The second-order valence-electron chi connectivity index (χ2n) is 6.90. The first-order valence-corrected chi connectivity index (χ1v) is 8.00. The summed E-state index contributed by atoms with van der Waals surface area (Å²) in [5.41, 5.74) is 0.983. The standard InChI is InChI=1S/C17H25ClN2O/c1-17(2,3)16(21)19-15-8-10-20(11-9-15)12-13-4-6-14(18)7-5-13/h4-7,15H,8-12H2,1-3H3,(H,19,21). The van der Waals surface area contributed by atoms with E-state index in [1.807, 2.05) is 32.9 Å². The molecule has 1 aromatic rings. The molecule has 3 nitrogen and oxygen atoms in total. The Morgan fingerprint density at radius 2 is 1.81 bits per heavy atom. The zero-order valence-corrected chi connectivity index (χ0v) is 13.9. The van der Waals surface area contributed by atoms with Crippen molar-refractivity contribution < 1.29 is 4.79 Å². The lowest BCUT2D eigenvalue weighted by Crippen LogP contribution is -2.47. The van der Waals surface area contributed by atoms with Gasteiger partial charge < -0.3 is 5.32 Å². The van der Waals surface area contributed by atoms with Crippen LogP contribution in [0.3, 0.4) is 0 Å². The van der Waals surface area contributed by atoms with E-state index in [1.54, 1.807) is 0 Å². The minimum atomic E-state index is -0.305. The Hall–Kier alpha value is -1.06. The van der Waals surface area contributed by atoms with Crippen molar-refractivity contribution in [2.75, 3.05) is 13.1 Å². The quantitative estimate of drug-likeness (QED) is 0.927. The van der Waals surface area contributed by atoms with Crippen LogP contribution < -0.4 is 5.32 Å². The summed E-state index contributed by atoms with van der Waals surface area (Å²) in [6.07, 6.45) is 2.05. The minimum absolute atomic E-state index is 0.152. The molecule has 1 aromatic carbocycles. The van der Waals surface area contributed by atoms with Crippen LogP contribution in [0, 0.1) is 5.41 Å². The summed E-state index contributed by atoms with van der Waals surface area (Å²) in [6.45, 7) is 8.88. The fraction of sp³-hybridized carbons (Fsp3) is 0.588. The van der Waals surface area contributed by atoms with E-state index in [2.05, 4.69) is 22.3 Å². The second-order valence-corrected chi connectivity index (χ2v) is 7.34. The molecule has 1 saturated heterocycles. The third-order valence-electron chi connectivity index (χ3n) is 3.92. The third kappa shape index (κ3) is 5.01. The Labute approximate surface area is 132 Å². The van der Waals surface area contributed by atoms with Crippen LogP contribution in [-0.2, 0) is 11.3 Å². The molecule has 1 heterocycles. The van der Waals surface area contributed by atoms with Crippen LogP contribution in [0.1, 0.15) is 39.2 Å². The Morgan fingerprint density at radius 1 is 1.24 bits per heavy atom. The molecule has 0 aliphatic carbocycles. The van der Waals surface area contributed by atoms with Crippen molar-refractivity contribution in [3.63, 3.8) is 0 Å². The van der Waals surface area contributed by atoms with Crippen LogP contribution in [0.2, 0.25) is 5.02 Å². The highest BCUT2D eigenvalue weighted by atomic mass is 35.5. The van der Waals surface area contributed by atoms with E-state index in [1.165, 1.54) is 5.56 Å². The van der Waals surface area contributed by atoms with Gasteiger partial charge in [-0.05, 0) is 30.5 Å². The number of nitrogens with zero attached hydrogens (tertiary/aromatic N) is 1. The predicted octanol–water partition coefficient (Wildman–Crippen LogP) is 3.47. The lowest BCUT2D eigenvalue weighted by Gasteiger charge is -2.33. The molecule has 0 atom stereocenters. The molecule has 0 saturated carbocycles. The van der Waals surface area contributed by atoms with E-state index in [4.69, 9.17) is 11.6 Å². The Morgan fingerprint density at radius 3 is 2.33 bits per heavy atom. The van der Waals surface area contributed by atoms with Crippen molar-refractivity contribution in [3.8, 4) is 0 Å². The Balaban J connectivity index is 1.78. The van der Waals surface area contributed by atoms with Crippen molar-refractivity contribution in [2.24, 2.45) is 5.41 Å². The van der Waals surface area contributed by atoms with Gasteiger partial charge in [0.2, 0.25) is 5.91 Å². The molecular weight excluding hydrogens is 284 g/mol. The summed E-state index contributed by atoms with van der Waals surface area (Å²) in [7, 11) is 0. The number of carbonyl (C=O) groups excluding carboxylic acids is 1. The predicted molar refractivity (Wildman–Crippen MR) is 87.3 cm³/mol. The SMILES string of the molecule is CC(C)(C)C(=O)NC1CCN(Cc2ccc(Cl)cc2)CC1. The van der Waals surface area contributed by atoms with Gasteiger partial charge in [-0.15, -0.1) is 0 Å². The minimum Gasteiger partial charge on any atom is -0.353 e. The van der Waals surface area contributed by atoms with Crippen LogP contribution in [0.4, 0.5) is 0 Å². The highest BCUT2D eigenvalue weighted by Gasteiger charge is 2.26. The van der Waals surface area contributed by atoms with Gasteiger partial charge in [0.25, 0.3) is 0 Å². The van der Waals surface area contributed by atoms with Crippen LogP contribution in [0.25, 0.3) is 0 Å². The molecule has 1 aliphatic rings. The number of piperidine rings is 1. The molecule has 116 valence electrons. The molecule has 2 rings (SSSR count). The fourth-order valence-corrected chi connectivity index (χ4v) is 2.61. The van der Waals surface area contributed by atoms with E-state index in [-0.39, 0.29) is 11.3 Å².